The molecule has 1 aromatic heterocycles. The molecule has 0 aliphatic rings. The van der Waals surface area contributed by atoms with Gasteiger partial charge in [-0.3, -0.25) is 4.79 Å². The fourth-order valence-electron chi connectivity index (χ4n) is 1.83. The van der Waals surface area contributed by atoms with Crippen molar-refractivity contribution in [1.29, 1.82) is 0 Å². The summed E-state index contributed by atoms with van der Waals surface area (Å²) in [5.74, 6) is 0.677. The van der Waals surface area contributed by atoms with Crippen molar-refractivity contribution in [3.63, 3.8) is 0 Å². The van der Waals surface area contributed by atoms with Gasteiger partial charge in [0.15, 0.2) is 0 Å². The highest BCUT2D eigenvalue weighted by atomic mass is 32.1. The van der Waals surface area contributed by atoms with Crippen LogP contribution in [0.15, 0.2) is 29.6 Å². The third-order valence-corrected chi connectivity index (χ3v) is 3.56. The van der Waals surface area contributed by atoms with E-state index in [4.69, 9.17) is 4.74 Å². The predicted molar refractivity (Wildman–Crippen MR) is 81.4 cm³/mol. The topological polar surface area (TPSA) is 51.2 Å². The van der Waals surface area contributed by atoms with E-state index >= 15 is 0 Å². The summed E-state index contributed by atoms with van der Waals surface area (Å²) < 4.78 is 5.48. The number of hydrogen-bond donors (Lipinski definition) is 1. The van der Waals surface area contributed by atoms with Gasteiger partial charge >= 0.3 is 0 Å². The molecule has 0 radical (unpaired) electrons. The first-order valence-electron chi connectivity index (χ1n) is 6.61. The Bertz CT molecular complexity index is 581. The molecule has 1 heterocycles. The Hall–Kier alpha value is -1.88. The monoisotopic (exact) mass is 290 g/mol. The van der Waals surface area contributed by atoms with E-state index < -0.39 is 0 Å². The molecule has 20 heavy (non-hydrogen) atoms. The number of carbonyl (C=O) groups excluding carboxylic acids is 1. The minimum Gasteiger partial charge on any atom is -0.492 e. The number of amides is 1. The zero-order chi connectivity index (χ0) is 14.4. The van der Waals surface area contributed by atoms with Crippen LogP contribution in [0.4, 0.5) is 5.69 Å². The molecule has 0 spiro atoms. The van der Waals surface area contributed by atoms with E-state index in [1.807, 2.05) is 43.5 Å². The van der Waals surface area contributed by atoms with Crippen LogP contribution < -0.4 is 10.1 Å². The number of thiazole rings is 1. The van der Waals surface area contributed by atoms with Gasteiger partial charge in [0.1, 0.15) is 5.75 Å². The molecule has 0 saturated carbocycles. The maximum atomic E-state index is 12.0. The third kappa shape index (κ3) is 4.06. The minimum atomic E-state index is -0.0252. The van der Waals surface area contributed by atoms with Gasteiger partial charge in [-0.1, -0.05) is 12.1 Å². The molecule has 2 rings (SSSR count). The first-order valence-corrected chi connectivity index (χ1v) is 7.49. The van der Waals surface area contributed by atoms with Crippen LogP contribution in [0.1, 0.15) is 24.0 Å². The predicted octanol–water partition coefficient (Wildman–Crippen LogP) is 3.42. The molecular weight excluding hydrogens is 272 g/mol. The van der Waals surface area contributed by atoms with E-state index in [1.54, 1.807) is 11.3 Å². The van der Waals surface area contributed by atoms with Crippen molar-refractivity contribution in [2.45, 2.75) is 26.7 Å². The van der Waals surface area contributed by atoms with Crippen LogP contribution in [0.5, 0.6) is 5.75 Å². The van der Waals surface area contributed by atoms with Gasteiger partial charge in [0.2, 0.25) is 5.91 Å². The van der Waals surface area contributed by atoms with E-state index in [0.29, 0.717) is 30.9 Å². The molecule has 0 aliphatic carbocycles. The molecule has 4 nitrogen and oxygen atoms in total. The number of nitrogens with one attached hydrogen (secondary N) is 1. The van der Waals surface area contributed by atoms with Crippen molar-refractivity contribution >= 4 is 22.9 Å². The highest BCUT2D eigenvalue weighted by Gasteiger charge is 2.08. The fourth-order valence-corrected chi connectivity index (χ4v) is 2.48. The van der Waals surface area contributed by atoms with Crippen LogP contribution in [0.3, 0.4) is 0 Å². The van der Waals surface area contributed by atoms with Crippen molar-refractivity contribution in [3.05, 3.63) is 40.3 Å². The van der Waals surface area contributed by atoms with Crippen LogP contribution in [-0.4, -0.2) is 17.5 Å². The lowest BCUT2D eigenvalue weighted by Crippen LogP contribution is -2.13. The lowest BCUT2D eigenvalue weighted by molar-refractivity contribution is -0.116. The maximum absolute atomic E-state index is 12.0. The van der Waals surface area contributed by atoms with E-state index in [1.165, 1.54) is 0 Å². The second-order valence-corrected chi connectivity index (χ2v) is 5.40. The summed E-state index contributed by atoms with van der Waals surface area (Å²) in [4.78, 5) is 16.3. The van der Waals surface area contributed by atoms with E-state index in [-0.39, 0.29) is 5.91 Å². The van der Waals surface area contributed by atoms with Crippen LogP contribution in [0.25, 0.3) is 0 Å². The highest BCUT2D eigenvalue weighted by molar-refractivity contribution is 7.09. The van der Waals surface area contributed by atoms with Crippen LogP contribution in [-0.2, 0) is 11.2 Å². The number of benzene rings is 1. The van der Waals surface area contributed by atoms with Crippen molar-refractivity contribution in [1.82, 2.24) is 4.98 Å². The Balaban J connectivity index is 1.91. The molecule has 5 heteroatoms. The van der Waals surface area contributed by atoms with Crippen molar-refractivity contribution in [2.24, 2.45) is 0 Å². The summed E-state index contributed by atoms with van der Waals surface area (Å²) >= 11 is 1.61. The Morgan fingerprint density at radius 2 is 2.20 bits per heavy atom. The van der Waals surface area contributed by atoms with Gasteiger partial charge < -0.3 is 10.1 Å². The normalized spacial score (nSPS) is 10.3. The molecule has 1 amide bonds. The van der Waals surface area contributed by atoms with Gasteiger partial charge in [0, 0.05) is 11.8 Å². The van der Waals surface area contributed by atoms with Gasteiger partial charge in [0.25, 0.3) is 0 Å². The molecule has 0 bridgehead atoms. The molecule has 2 aromatic rings. The highest BCUT2D eigenvalue weighted by Crippen LogP contribution is 2.23. The van der Waals surface area contributed by atoms with E-state index in [0.717, 1.165) is 10.7 Å². The Kier molecular flexibility index (Phi) is 5.12. The number of nitrogens with zero attached hydrogens (tertiary/aromatic N) is 1. The number of carbonyl (C=O) groups is 1. The number of anilines is 1. The van der Waals surface area contributed by atoms with Gasteiger partial charge in [-0.2, -0.15) is 0 Å². The Morgan fingerprint density at radius 1 is 1.40 bits per heavy atom. The summed E-state index contributed by atoms with van der Waals surface area (Å²) in [5.41, 5.74) is 1.69. The number of rotatable bonds is 6. The van der Waals surface area contributed by atoms with Gasteiger partial charge in [-0.15, -0.1) is 11.3 Å². The van der Waals surface area contributed by atoms with Crippen molar-refractivity contribution in [2.75, 3.05) is 11.9 Å². The van der Waals surface area contributed by atoms with Crippen molar-refractivity contribution in [3.8, 4) is 5.75 Å². The summed E-state index contributed by atoms with van der Waals surface area (Å²) in [7, 11) is 0. The van der Waals surface area contributed by atoms with Crippen molar-refractivity contribution < 1.29 is 9.53 Å². The molecule has 106 valence electrons. The standard InChI is InChI=1S/C15H18N2O2S/c1-3-19-14-7-5-4-6-13(14)17-15(18)9-8-12-10-20-11(2)16-12/h4-7,10H,3,8-9H2,1-2H3,(H,17,18). The number of para-hydroxylation sites is 2. The molecule has 0 unspecified atom stereocenters. The lowest BCUT2D eigenvalue weighted by atomic mass is 10.2. The minimum absolute atomic E-state index is 0.0252. The average molecular weight is 290 g/mol. The SMILES string of the molecule is CCOc1ccccc1NC(=O)CCc1csc(C)n1. The first-order chi connectivity index (χ1) is 9.69. The molecule has 0 fully saturated rings. The average Bonchev–Trinajstić information content (AvgIpc) is 2.85. The zero-order valence-electron chi connectivity index (χ0n) is 11.7. The largest absolute Gasteiger partial charge is 0.492 e. The molecule has 0 saturated heterocycles. The summed E-state index contributed by atoms with van der Waals surface area (Å²) in [5, 5.41) is 5.91. The summed E-state index contributed by atoms with van der Waals surface area (Å²) in [6.07, 6.45) is 1.08. The maximum Gasteiger partial charge on any atom is 0.224 e. The third-order valence-electron chi connectivity index (χ3n) is 2.74. The van der Waals surface area contributed by atoms with Gasteiger partial charge in [0.05, 0.1) is 23.0 Å². The van der Waals surface area contributed by atoms with Gasteiger partial charge in [-0.05, 0) is 32.4 Å². The molecular formula is C15H18N2O2S. The molecule has 0 atom stereocenters. The lowest BCUT2D eigenvalue weighted by Gasteiger charge is -2.10. The molecule has 0 aliphatic heterocycles. The second-order valence-electron chi connectivity index (χ2n) is 4.34. The van der Waals surface area contributed by atoms with Crippen LogP contribution >= 0.6 is 11.3 Å². The Morgan fingerprint density at radius 3 is 2.90 bits per heavy atom. The number of aromatic nitrogens is 1. The number of aryl methyl sites for hydroxylation is 2. The summed E-state index contributed by atoms with van der Waals surface area (Å²) in [6, 6.07) is 7.46. The zero-order valence-corrected chi connectivity index (χ0v) is 12.5. The summed E-state index contributed by atoms with van der Waals surface area (Å²) in [6.45, 7) is 4.46. The molecule has 1 aromatic carbocycles. The van der Waals surface area contributed by atoms with Gasteiger partial charge in [-0.25, -0.2) is 4.98 Å². The number of ether oxygens (including phenoxy) is 1. The number of hydrogen-bond acceptors (Lipinski definition) is 4. The van der Waals surface area contributed by atoms with E-state index in [9.17, 15) is 4.79 Å². The quantitative estimate of drug-likeness (QED) is 0.887. The smallest absolute Gasteiger partial charge is 0.224 e. The van der Waals surface area contributed by atoms with Crippen LogP contribution in [0.2, 0.25) is 0 Å². The second kappa shape index (κ2) is 7.05. The molecule has 1 N–H and O–H groups in total. The van der Waals surface area contributed by atoms with Crippen LogP contribution in [0, 0.1) is 6.92 Å². The fraction of sp³-hybridized carbons (Fsp3) is 0.333. The van der Waals surface area contributed by atoms with E-state index in [2.05, 4.69) is 10.3 Å². The Labute approximate surface area is 122 Å². The first kappa shape index (κ1) is 14.5.